The molecule has 0 saturated heterocycles. The number of nitrogens with zero attached hydrogens (tertiary/aromatic N) is 1. The third-order valence-electron chi connectivity index (χ3n) is 3.79. The number of hydrogen-bond donors (Lipinski definition) is 0. The van der Waals surface area contributed by atoms with E-state index in [0.717, 1.165) is 12.5 Å². The van der Waals surface area contributed by atoms with Crippen molar-refractivity contribution >= 4 is 21.8 Å². The number of carbonyl (C=O) groups is 1. The van der Waals surface area contributed by atoms with E-state index in [0.29, 0.717) is 11.9 Å². The fraction of sp³-hybridized carbons (Fsp3) is 0.923. The number of alkyl halides is 1. The zero-order valence-electron chi connectivity index (χ0n) is 10.1. The predicted octanol–water partition coefficient (Wildman–Crippen LogP) is 3.34. The average Bonchev–Trinajstić information content (AvgIpc) is 3.10. The van der Waals surface area contributed by atoms with Gasteiger partial charge in [0.2, 0.25) is 5.91 Å². The van der Waals surface area contributed by atoms with Gasteiger partial charge in [-0.3, -0.25) is 4.79 Å². The Morgan fingerprint density at radius 1 is 1.25 bits per heavy atom. The molecule has 0 aromatic rings. The maximum atomic E-state index is 12.1. The molecular formula is C13H22BrNO. The van der Waals surface area contributed by atoms with E-state index in [1.165, 1.54) is 44.9 Å². The van der Waals surface area contributed by atoms with Crippen LogP contribution in [0.25, 0.3) is 0 Å². The van der Waals surface area contributed by atoms with Gasteiger partial charge >= 0.3 is 0 Å². The first kappa shape index (κ1) is 12.4. The molecule has 0 spiro atoms. The Bertz CT molecular complexity index is 244. The molecule has 0 N–H and O–H groups in total. The highest BCUT2D eigenvalue weighted by molar-refractivity contribution is 9.10. The van der Waals surface area contributed by atoms with Crippen LogP contribution in [0.2, 0.25) is 0 Å². The van der Waals surface area contributed by atoms with Crippen LogP contribution in [0, 0.1) is 5.92 Å². The molecule has 0 aliphatic heterocycles. The molecule has 16 heavy (non-hydrogen) atoms. The molecule has 1 atom stereocenters. The van der Waals surface area contributed by atoms with Crippen LogP contribution in [-0.2, 0) is 4.79 Å². The average molecular weight is 288 g/mol. The fourth-order valence-corrected chi connectivity index (χ4v) is 2.94. The van der Waals surface area contributed by atoms with Crippen molar-refractivity contribution in [2.75, 3.05) is 6.54 Å². The van der Waals surface area contributed by atoms with Crippen molar-refractivity contribution in [1.82, 2.24) is 4.90 Å². The summed E-state index contributed by atoms with van der Waals surface area (Å²) in [6.07, 6.45) is 9.21. The molecule has 2 aliphatic carbocycles. The van der Waals surface area contributed by atoms with E-state index in [-0.39, 0.29) is 4.83 Å². The standard InChI is InChI=1S/C13H22BrNO/c1-10(14)13(16)15(12-7-8-12)9-11-5-3-2-4-6-11/h10-12H,2-9H2,1H3. The van der Waals surface area contributed by atoms with Crippen molar-refractivity contribution in [3.63, 3.8) is 0 Å². The van der Waals surface area contributed by atoms with Gasteiger partial charge in [-0.2, -0.15) is 0 Å². The maximum Gasteiger partial charge on any atom is 0.236 e. The molecule has 1 unspecified atom stereocenters. The number of halogens is 1. The molecule has 2 aliphatic rings. The summed E-state index contributed by atoms with van der Waals surface area (Å²) in [7, 11) is 0. The van der Waals surface area contributed by atoms with Crippen LogP contribution >= 0.6 is 15.9 Å². The second-order valence-electron chi connectivity index (χ2n) is 5.34. The summed E-state index contributed by atoms with van der Waals surface area (Å²) in [6.45, 7) is 2.96. The maximum absolute atomic E-state index is 12.1. The Labute approximate surface area is 107 Å². The predicted molar refractivity (Wildman–Crippen MR) is 69.7 cm³/mol. The third-order valence-corrected chi connectivity index (χ3v) is 4.18. The lowest BCUT2D eigenvalue weighted by molar-refractivity contribution is -0.131. The van der Waals surface area contributed by atoms with E-state index >= 15 is 0 Å². The Kier molecular flexibility index (Phi) is 4.28. The molecule has 0 heterocycles. The molecule has 2 nitrogen and oxygen atoms in total. The summed E-state index contributed by atoms with van der Waals surface area (Å²) in [4.78, 5) is 14.2. The van der Waals surface area contributed by atoms with E-state index in [4.69, 9.17) is 0 Å². The van der Waals surface area contributed by atoms with Crippen molar-refractivity contribution in [2.45, 2.75) is 62.7 Å². The highest BCUT2D eigenvalue weighted by Crippen LogP contribution is 2.32. The molecule has 2 rings (SSSR count). The Hall–Kier alpha value is -0.0500. The van der Waals surface area contributed by atoms with Gasteiger partial charge in [-0.25, -0.2) is 0 Å². The van der Waals surface area contributed by atoms with Crippen LogP contribution in [0.1, 0.15) is 51.9 Å². The minimum atomic E-state index is -0.0170. The van der Waals surface area contributed by atoms with Crippen molar-refractivity contribution < 1.29 is 4.79 Å². The minimum Gasteiger partial charge on any atom is -0.338 e. The number of hydrogen-bond acceptors (Lipinski definition) is 1. The van der Waals surface area contributed by atoms with Crippen molar-refractivity contribution in [2.24, 2.45) is 5.92 Å². The van der Waals surface area contributed by atoms with E-state index < -0.39 is 0 Å². The molecule has 3 heteroatoms. The van der Waals surface area contributed by atoms with E-state index in [1.807, 2.05) is 6.92 Å². The summed E-state index contributed by atoms with van der Waals surface area (Å²) in [5.41, 5.74) is 0. The van der Waals surface area contributed by atoms with Crippen LogP contribution in [-0.4, -0.2) is 28.2 Å². The Morgan fingerprint density at radius 2 is 1.88 bits per heavy atom. The quantitative estimate of drug-likeness (QED) is 0.727. The van der Waals surface area contributed by atoms with E-state index in [1.54, 1.807) is 0 Å². The molecule has 2 saturated carbocycles. The summed E-state index contributed by atoms with van der Waals surface area (Å²) in [6, 6.07) is 0.564. The van der Waals surface area contributed by atoms with Crippen LogP contribution < -0.4 is 0 Å². The van der Waals surface area contributed by atoms with Crippen molar-refractivity contribution in [1.29, 1.82) is 0 Å². The number of rotatable bonds is 4. The largest absolute Gasteiger partial charge is 0.338 e. The molecule has 0 aromatic carbocycles. The first-order valence-corrected chi connectivity index (χ1v) is 7.54. The lowest BCUT2D eigenvalue weighted by Crippen LogP contribution is -2.41. The van der Waals surface area contributed by atoms with Crippen LogP contribution in [0.15, 0.2) is 0 Å². The third kappa shape index (κ3) is 3.22. The molecule has 1 amide bonds. The smallest absolute Gasteiger partial charge is 0.236 e. The highest BCUT2D eigenvalue weighted by Gasteiger charge is 2.35. The molecule has 0 aromatic heterocycles. The van der Waals surface area contributed by atoms with Gasteiger partial charge in [0.15, 0.2) is 0 Å². The normalized spacial score (nSPS) is 24.1. The van der Waals surface area contributed by atoms with E-state index in [2.05, 4.69) is 20.8 Å². The summed E-state index contributed by atoms with van der Waals surface area (Å²) in [5, 5.41) is 0. The van der Waals surface area contributed by atoms with Crippen LogP contribution in [0.4, 0.5) is 0 Å². The van der Waals surface area contributed by atoms with E-state index in [9.17, 15) is 4.79 Å². The zero-order valence-corrected chi connectivity index (χ0v) is 11.7. The van der Waals surface area contributed by atoms with Gasteiger partial charge < -0.3 is 4.90 Å². The number of carbonyl (C=O) groups excluding carboxylic acids is 1. The number of amides is 1. The lowest BCUT2D eigenvalue weighted by atomic mass is 9.89. The van der Waals surface area contributed by atoms with Crippen LogP contribution in [0.5, 0.6) is 0 Å². The molecular weight excluding hydrogens is 266 g/mol. The second-order valence-corrected chi connectivity index (χ2v) is 6.72. The molecule has 0 bridgehead atoms. The Morgan fingerprint density at radius 3 is 2.38 bits per heavy atom. The lowest BCUT2D eigenvalue weighted by Gasteiger charge is -2.30. The topological polar surface area (TPSA) is 20.3 Å². The summed E-state index contributed by atoms with van der Waals surface area (Å²) in [5.74, 6) is 1.07. The Balaban J connectivity index is 1.89. The molecule has 0 radical (unpaired) electrons. The van der Waals surface area contributed by atoms with Gasteiger partial charge in [0.1, 0.15) is 0 Å². The molecule has 2 fully saturated rings. The van der Waals surface area contributed by atoms with Gasteiger partial charge in [-0.1, -0.05) is 35.2 Å². The van der Waals surface area contributed by atoms with Gasteiger partial charge in [0.25, 0.3) is 0 Å². The van der Waals surface area contributed by atoms with Crippen LogP contribution in [0.3, 0.4) is 0 Å². The van der Waals surface area contributed by atoms with Gasteiger partial charge in [0, 0.05) is 12.6 Å². The van der Waals surface area contributed by atoms with Gasteiger partial charge in [0.05, 0.1) is 4.83 Å². The zero-order chi connectivity index (χ0) is 11.5. The summed E-state index contributed by atoms with van der Waals surface area (Å²) < 4.78 is 0. The van der Waals surface area contributed by atoms with Crippen molar-refractivity contribution in [3.05, 3.63) is 0 Å². The van der Waals surface area contributed by atoms with Gasteiger partial charge in [-0.05, 0) is 38.5 Å². The fourth-order valence-electron chi connectivity index (χ4n) is 2.68. The first-order valence-electron chi connectivity index (χ1n) is 6.63. The summed E-state index contributed by atoms with van der Waals surface area (Å²) >= 11 is 3.41. The van der Waals surface area contributed by atoms with Gasteiger partial charge in [-0.15, -0.1) is 0 Å². The second kappa shape index (κ2) is 5.52. The monoisotopic (exact) mass is 287 g/mol. The molecule has 92 valence electrons. The first-order chi connectivity index (χ1) is 7.68. The highest BCUT2D eigenvalue weighted by atomic mass is 79.9. The SMILES string of the molecule is CC(Br)C(=O)N(CC1CCCCC1)C1CC1. The minimum absolute atomic E-state index is 0.0170. The van der Waals surface area contributed by atoms with Crippen molar-refractivity contribution in [3.8, 4) is 0 Å².